The van der Waals surface area contributed by atoms with Gasteiger partial charge in [0.1, 0.15) is 6.17 Å². The van der Waals surface area contributed by atoms with Gasteiger partial charge in [-0.2, -0.15) is 0 Å². The number of rotatable bonds is 6. The number of halogens is 3. The quantitative estimate of drug-likeness (QED) is 0.627. The summed E-state index contributed by atoms with van der Waals surface area (Å²) in [6, 6.07) is 0. The molecule has 0 amide bonds. The molecule has 0 aliphatic rings. The molecule has 0 aromatic carbocycles. The molecule has 0 bridgehead atoms. The molecule has 4 heteroatoms. The molecule has 1 nitrogen and oxygen atoms in total. The molecule has 0 saturated carbocycles. The monoisotopic (exact) mass is 184 g/mol. The average Bonchev–Trinajstić information content (AvgIpc) is 2.03. The van der Waals surface area contributed by atoms with E-state index in [0.29, 0.717) is 6.42 Å². The molecule has 1 N–H and O–H groups in total. The normalized spacial score (nSPS) is 18.8. The van der Waals surface area contributed by atoms with Gasteiger partial charge in [0, 0.05) is 0 Å². The molecule has 0 aliphatic heterocycles. The molecule has 3 unspecified atom stereocenters. The van der Waals surface area contributed by atoms with E-state index in [1.54, 1.807) is 0 Å². The molecular formula is C8H15F3O. The van der Waals surface area contributed by atoms with E-state index < -0.39 is 25.1 Å². The van der Waals surface area contributed by atoms with Gasteiger partial charge in [-0.3, -0.25) is 4.39 Å². The molecule has 0 aromatic rings. The Morgan fingerprint density at radius 3 is 2.25 bits per heavy atom. The third-order valence-corrected chi connectivity index (χ3v) is 1.67. The SMILES string of the molecule is CC(O)C(F)C(F)CCCCF. The molecule has 0 rings (SSSR count). The van der Waals surface area contributed by atoms with Crippen LogP contribution in [0.3, 0.4) is 0 Å². The predicted molar refractivity (Wildman–Crippen MR) is 41.3 cm³/mol. The molecule has 0 aliphatic carbocycles. The van der Waals surface area contributed by atoms with Crippen molar-refractivity contribution in [3.8, 4) is 0 Å². The number of unbranched alkanes of at least 4 members (excludes halogenated alkanes) is 1. The van der Waals surface area contributed by atoms with Crippen molar-refractivity contribution in [2.45, 2.75) is 44.6 Å². The van der Waals surface area contributed by atoms with E-state index in [0.717, 1.165) is 0 Å². The summed E-state index contributed by atoms with van der Waals surface area (Å²) in [4.78, 5) is 0. The molecule has 12 heavy (non-hydrogen) atoms. The third kappa shape index (κ3) is 4.59. The highest BCUT2D eigenvalue weighted by Gasteiger charge is 2.24. The van der Waals surface area contributed by atoms with Gasteiger partial charge in [-0.15, -0.1) is 0 Å². The van der Waals surface area contributed by atoms with Crippen LogP contribution in [0.1, 0.15) is 26.2 Å². The van der Waals surface area contributed by atoms with Crippen molar-refractivity contribution in [1.82, 2.24) is 0 Å². The lowest BCUT2D eigenvalue weighted by Gasteiger charge is -2.15. The fourth-order valence-corrected chi connectivity index (χ4v) is 0.895. The Morgan fingerprint density at radius 1 is 1.25 bits per heavy atom. The lowest BCUT2D eigenvalue weighted by Crippen LogP contribution is -2.28. The van der Waals surface area contributed by atoms with E-state index in [2.05, 4.69) is 0 Å². The lowest BCUT2D eigenvalue weighted by molar-refractivity contribution is 0.0339. The number of hydrogen-bond donors (Lipinski definition) is 1. The van der Waals surface area contributed by atoms with Gasteiger partial charge in [0.05, 0.1) is 12.8 Å². The summed E-state index contributed by atoms with van der Waals surface area (Å²) in [5.41, 5.74) is 0. The van der Waals surface area contributed by atoms with Crippen molar-refractivity contribution in [2.75, 3.05) is 6.67 Å². The Kier molecular flexibility index (Phi) is 6.16. The number of hydrogen-bond acceptors (Lipinski definition) is 1. The largest absolute Gasteiger partial charge is 0.390 e. The van der Waals surface area contributed by atoms with Gasteiger partial charge in [-0.1, -0.05) is 0 Å². The summed E-state index contributed by atoms with van der Waals surface area (Å²) in [7, 11) is 0. The smallest absolute Gasteiger partial charge is 0.157 e. The minimum absolute atomic E-state index is 0.0179. The molecule has 0 radical (unpaired) electrons. The van der Waals surface area contributed by atoms with Gasteiger partial charge < -0.3 is 5.11 Å². The fourth-order valence-electron chi connectivity index (χ4n) is 0.895. The molecule has 0 spiro atoms. The van der Waals surface area contributed by atoms with Crippen LogP contribution in [-0.2, 0) is 0 Å². The molecule has 0 aromatic heterocycles. The summed E-state index contributed by atoms with van der Waals surface area (Å²) < 4.78 is 36.9. The minimum Gasteiger partial charge on any atom is -0.390 e. The number of alkyl halides is 3. The van der Waals surface area contributed by atoms with Gasteiger partial charge in [-0.25, -0.2) is 8.78 Å². The maximum absolute atomic E-state index is 12.7. The summed E-state index contributed by atoms with van der Waals surface area (Å²) in [6.45, 7) is 0.699. The van der Waals surface area contributed by atoms with Crippen LogP contribution >= 0.6 is 0 Å². The standard InChI is InChI=1S/C8H15F3O/c1-6(12)8(11)7(10)4-2-3-5-9/h6-8,12H,2-5H2,1H3. The van der Waals surface area contributed by atoms with E-state index in [4.69, 9.17) is 5.11 Å². The zero-order chi connectivity index (χ0) is 9.56. The van der Waals surface area contributed by atoms with Crippen LogP contribution in [0.2, 0.25) is 0 Å². The van der Waals surface area contributed by atoms with Crippen LogP contribution in [0, 0.1) is 0 Å². The van der Waals surface area contributed by atoms with Crippen LogP contribution < -0.4 is 0 Å². The molecular weight excluding hydrogens is 169 g/mol. The molecule has 0 saturated heterocycles. The second-order valence-electron chi connectivity index (χ2n) is 2.89. The van der Waals surface area contributed by atoms with E-state index in [1.165, 1.54) is 6.92 Å². The van der Waals surface area contributed by atoms with E-state index in [9.17, 15) is 13.2 Å². The molecule has 74 valence electrons. The first-order valence-electron chi connectivity index (χ1n) is 4.11. The first-order valence-corrected chi connectivity index (χ1v) is 4.11. The summed E-state index contributed by atoms with van der Waals surface area (Å²) in [6.07, 6.45) is -4.24. The van der Waals surface area contributed by atoms with Gasteiger partial charge >= 0.3 is 0 Å². The molecule has 0 fully saturated rings. The van der Waals surface area contributed by atoms with Crippen molar-refractivity contribution in [1.29, 1.82) is 0 Å². The van der Waals surface area contributed by atoms with Crippen molar-refractivity contribution < 1.29 is 18.3 Å². The van der Waals surface area contributed by atoms with Crippen LogP contribution in [0.15, 0.2) is 0 Å². The highest BCUT2D eigenvalue weighted by atomic mass is 19.2. The summed E-state index contributed by atoms with van der Waals surface area (Å²) >= 11 is 0. The first kappa shape index (κ1) is 11.8. The van der Waals surface area contributed by atoms with Crippen molar-refractivity contribution in [2.24, 2.45) is 0 Å². The van der Waals surface area contributed by atoms with Crippen LogP contribution in [-0.4, -0.2) is 30.2 Å². The van der Waals surface area contributed by atoms with Crippen LogP contribution in [0.5, 0.6) is 0 Å². The highest BCUT2D eigenvalue weighted by molar-refractivity contribution is 4.72. The Labute approximate surface area is 70.6 Å². The minimum atomic E-state index is -1.84. The topological polar surface area (TPSA) is 20.2 Å². The van der Waals surface area contributed by atoms with Crippen LogP contribution in [0.4, 0.5) is 13.2 Å². The average molecular weight is 184 g/mol. The maximum Gasteiger partial charge on any atom is 0.157 e. The summed E-state index contributed by atoms with van der Waals surface area (Å²) in [5, 5.41) is 8.66. The number of aliphatic hydroxyl groups excluding tert-OH is 1. The fraction of sp³-hybridized carbons (Fsp3) is 1.00. The Hall–Kier alpha value is -0.250. The number of aliphatic hydroxyl groups is 1. The van der Waals surface area contributed by atoms with Gasteiger partial charge in [0.15, 0.2) is 6.17 Å². The third-order valence-electron chi connectivity index (χ3n) is 1.67. The second-order valence-corrected chi connectivity index (χ2v) is 2.89. The van der Waals surface area contributed by atoms with E-state index in [1.807, 2.05) is 0 Å². The zero-order valence-corrected chi connectivity index (χ0v) is 7.14. The maximum atomic E-state index is 12.7. The first-order chi connectivity index (χ1) is 5.59. The zero-order valence-electron chi connectivity index (χ0n) is 7.14. The second kappa shape index (κ2) is 6.29. The van der Waals surface area contributed by atoms with Crippen molar-refractivity contribution >= 4 is 0 Å². The van der Waals surface area contributed by atoms with Crippen molar-refractivity contribution in [3.63, 3.8) is 0 Å². The molecule has 3 atom stereocenters. The van der Waals surface area contributed by atoms with Gasteiger partial charge in [0.25, 0.3) is 0 Å². The Morgan fingerprint density at radius 2 is 1.83 bits per heavy atom. The lowest BCUT2D eigenvalue weighted by atomic mass is 10.1. The van der Waals surface area contributed by atoms with Crippen molar-refractivity contribution in [3.05, 3.63) is 0 Å². The summed E-state index contributed by atoms with van der Waals surface area (Å²) in [5.74, 6) is 0. The van der Waals surface area contributed by atoms with Gasteiger partial charge in [0.2, 0.25) is 0 Å². The van der Waals surface area contributed by atoms with Crippen LogP contribution in [0.25, 0.3) is 0 Å². The Balaban J connectivity index is 3.49. The predicted octanol–water partition coefficient (Wildman–Crippen LogP) is 2.18. The van der Waals surface area contributed by atoms with E-state index >= 15 is 0 Å². The van der Waals surface area contributed by atoms with E-state index in [-0.39, 0.29) is 12.8 Å². The highest BCUT2D eigenvalue weighted by Crippen LogP contribution is 2.14. The molecule has 0 heterocycles. The Bertz CT molecular complexity index is 108. The van der Waals surface area contributed by atoms with Gasteiger partial charge in [-0.05, 0) is 26.2 Å².